The van der Waals surface area contributed by atoms with Crippen LogP contribution in [-0.2, 0) is 20.8 Å². The highest BCUT2D eigenvalue weighted by molar-refractivity contribution is 5.69. The zero-order chi connectivity index (χ0) is 12.7. The normalized spacial score (nSPS) is 10.2. The van der Waals surface area contributed by atoms with Gasteiger partial charge in [-0.3, -0.25) is 9.59 Å². The molecule has 1 aromatic rings. The molecule has 5 heteroatoms. The highest BCUT2D eigenvalue weighted by Gasteiger charge is 2.05. The van der Waals surface area contributed by atoms with Crippen LogP contribution in [-0.4, -0.2) is 30.4 Å². The van der Waals surface area contributed by atoms with Crippen LogP contribution in [0, 0.1) is 6.92 Å². The van der Waals surface area contributed by atoms with Crippen molar-refractivity contribution in [1.29, 1.82) is 0 Å². The van der Waals surface area contributed by atoms with E-state index < -0.39 is 5.97 Å². The molecule has 0 radical (unpaired) electrons. The van der Waals surface area contributed by atoms with Gasteiger partial charge in [0.25, 0.3) is 5.56 Å². The lowest BCUT2D eigenvalue weighted by atomic mass is 10.3. The smallest absolute Gasteiger partial charge is 0.326 e. The molecule has 0 aliphatic rings. The quantitative estimate of drug-likeness (QED) is 0.542. The Hall–Kier alpha value is -1.62. The maximum atomic E-state index is 11.5. The van der Waals surface area contributed by atoms with Gasteiger partial charge < -0.3 is 14.0 Å². The van der Waals surface area contributed by atoms with Crippen LogP contribution in [0.25, 0.3) is 0 Å². The topological polar surface area (TPSA) is 57.5 Å². The SMILES string of the molecule is CCOCCOC(=O)Cn1ccc(C)cc1=O. The molecule has 17 heavy (non-hydrogen) atoms. The number of nitrogens with zero attached hydrogens (tertiary/aromatic N) is 1. The van der Waals surface area contributed by atoms with E-state index in [1.807, 2.05) is 13.8 Å². The van der Waals surface area contributed by atoms with E-state index in [9.17, 15) is 9.59 Å². The second-order valence-corrected chi connectivity index (χ2v) is 3.59. The molecule has 0 bridgehead atoms. The van der Waals surface area contributed by atoms with Crippen LogP contribution in [0.1, 0.15) is 12.5 Å². The number of esters is 1. The first-order valence-electron chi connectivity index (χ1n) is 5.54. The third-order valence-corrected chi connectivity index (χ3v) is 2.15. The van der Waals surface area contributed by atoms with Crippen LogP contribution >= 0.6 is 0 Å². The standard InChI is InChI=1S/C12H17NO4/c1-3-16-6-7-17-12(15)9-13-5-4-10(2)8-11(13)14/h4-5,8H,3,6-7,9H2,1-2H3. The Labute approximate surface area is 100.0 Å². The third-order valence-electron chi connectivity index (χ3n) is 2.15. The molecule has 0 atom stereocenters. The minimum Gasteiger partial charge on any atom is -0.462 e. The highest BCUT2D eigenvalue weighted by atomic mass is 16.6. The summed E-state index contributed by atoms with van der Waals surface area (Å²) in [5.74, 6) is -0.435. The number of carbonyl (C=O) groups is 1. The van der Waals surface area contributed by atoms with Gasteiger partial charge in [-0.2, -0.15) is 0 Å². The van der Waals surface area contributed by atoms with E-state index in [2.05, 4.69) is 0 Å². The van der Waals surface area contributed by atoms with Crippen LogP contribution in [0.4, 0.5) is 0 Å². The zero-order valence-corrected chi connectivity index (χ0v) is 10.1. The number of ether oxygens (including phenoxy) is 2. The van der Waals surface area contributed by atoms with E-state index in [1.165, 1.54) is 10.6 Å². The molecule has 1 heterocycles. The van der Waals surface area contributed by atoms with Crippen LogP contribution in [0.5, 0.6) is 0 Å². The van der Waals surface area contributed by atoms with Crippen LogP contribution in [0.3, 0.4) is 0 Å². The maximum absolute atomic E-state index is 11.5. The maximum Gasteiger partial charge on any atom is 0.326 e. The second-order valence-electron chi connectivity index (χ2n) is 3.59. The zero-order valence-electron chi connectivity index (χ0n) is 10.1. The Balaban J connectivity index is 2.43. The van der Waals surface area contributed by atoms with Crippen molar-refractivity contribution in [2.75, 3.05) is 19.8 Å². The number of pyridine rings is 1. The largest absolute Gasteiger partial charge is 0.462 e. The van der Waals surface area contributed by atoms with Gasteiger partial charge in [-0.15, -0.1) is 0 Å². The summed E-state index contributed by atoms with van der Waals surface area (Å²) in [6.45, 7) is 4.82. The first-order chi connectivity index (χ1) is 8.13. The Kier molecular flexibility index (Phi) is 5.42. The van der Waals surface area contributed by atoms with Crippen molar-refractivity contribution in [2.45, 2.75) is 20.4 Å². The lowest BCUT2D eigenvalue weighted by Crippen LogP contribution is -2.25. The van der Waals surface area contributed by atoms with E-state index >= 15 is 0 Å². The number of hydrogen-bond acceptors (Lipinski definition) is 4. The summed E-state index contributed by atoms with van der Waals surface area (Å²) in [4.78, 5) is 22.9. The molecule has 0 unspecified atom stereocenters. The minimum absolute atomic E-state index is 0.0642. The van der Waals surface area contributed by atoms with Gasteiger partial charge in [0.2, 0.25) is 0 Å². The van der Waals surface area contributed by atoms with Crippen molar-refractivity contribution in [3.05, 3.63) is 34.2 Å². The highest BCUT2D eigenvalue weighted by Crippen LogP contribution is 1.92. The van der Waals surface area contributed by atoms with Crippen molar-refractivity contribution in [3.63, 3.8) is 0 Å². The van der Waals surface area contributed by atoms with Crippen LogP contribution in [0.15, 0.2) is 23.1 Å². The lowest BCUT2D eigenvalue weighted by Gasteiger charge is -2.07. The lowest BCUT2D eigenvalue weighted by molar-refractivity contribution is -0.145. The molecule has 0 N–H and O–H groups in total. The van der Waals surface area contributed by atoms with Gasteiger partial charge in [-0.05, 0) is 25.5 Å². The van der Waals surface area contributed by atoms with Crippen molar-refractivity contribution >= 4 is 5.97 Å². The van der Waals surface area contributed by atoms with E-state index in [1.54, 1.807) is 12.3 Å². The number of rotatable bonds is 6. The fourth-order valence-corrected chi connectivity index (χ4v) is 1.28. The van der Waals surface area contributed by atoms with E-state index in [0.717, 1.165) is 5.56 Å². The Morgan fingerprint density at radius 1 is 1.41 bits per heavy atom. The number of carbonyl (C=O) groups excluding carboxylic acids is 1. The first-order valence-corrected chi connectivity index (χ1v) is 5.54. The monoisotopic (exact) mass is 239 g/mol. The summed E-state index contributed by atoms with van der Waals surface area (Å²) in [5.41, 5.74) is 0.669. The molecule has 0 aromatic carbocycles. The molecule has 0 spiro atoms. The molecule has 0 fully saturated rings. The summed E-state index contributed by atoms with van der Waals surface area (Å²) in [6.07, 6.45) is 1.58. The molecular formula is C12H17NO4. The second kappa shape index (κ2) is 6.85. The Bertz CT molecular complexity index is 425. The summed E-state index contributed by atoms with van der Waals surface area (Å²) in [7, 11) is 0. The molecule has 0 aliphatic heterocycles. The van der Waals surface area contributed by atoms with Crippen LogP contribution < -0.4 is 5.56 Å². The molecular weight excluding hydrogens is 222 g/mol. The third kappa shape index (κ3) is 4.82. The predicted octanol–water partition coefficient (Wildman–Crippen LogP) is 0.736. The van der Waals surface area contributed by atoms with Crippen LogP contribution in [0.2, 0.25) is 0 Å². The van der Waals surface area contributed by atoms with Gasteiger partial charge in [0, 0.05) is 18.9 Å². The summed E-state index contributed by atoms with van der Waals surface area (Å²) in [6, 6.07) is 3.25. The van der Waals surface area contributed by atoms with Crippen molar-refractivity contribution in [2.24, 2.45) is 0 Å². The fraction of sp³-hybridized carbons (Fsp3) is 0.500. The summed E-state index contributed by atoms with van der Waals surface area (Å²) < 4.78 is 11.3. The Morgan fingerprint density at radius 3 is 2.82 bits per heavy atom. The summed E-state index contributed by atoms with van der Waals surface area (Å²) >= 11 is 0. The van der Waals surface area contributed by atoms with Crippen molar-refractivity contribution < 1.29 is 14.3 Å². The van der Waals surface area contributed by atoms with Crippen molar-refractivity contribution in [3.8, 4) is 0 Å². The minimum atomic E-state index is -0.435. The number of aromatic nitrogens is 1. The average Bonchev–Trinajstić information content (AvgIpc) is 2.28. The molecule has 94 valence electrons. The Morgan fingerprint density at radius 2 is 2.18 bits per heavy atom. The first kappa shape index (κ1) is 13.4. The van der Waals surface area contributed by atoms with E-state index in [0.29, 0.717) is 13.2 Å². The molecule has 1 aromatic heterocycles. The molecule has 1 rings (SSSR count). The van der Waals surface area contributed by atoms with E-state index in [-0.39, 0.29) is 18.7 Å². The van der Waals surface area contributed by atoms with Gasteiger partial charge in [0.05, 0.1) is 6.61 Å². The van der Waals surface area contributed by atoms with Gasteiger partial charge in [0.1, 0.15) is 13.2 Å². The van der Waals surface area contributed by atoms with Gasteiger partial charge in [-0.25, -0.2) is 0 Å². The number of hydrogen-bond donors (Lipinski definition) is 0. The predicted molar refractivity (Wildman–Crippen MR) is 62.9 cm³/mol. The molecule has 0 saturated heterocycles. The molecule has 5 nitrogen and oxygen atoms in total. The van der Waals surface area contributed by atoms with E-state index in [4.69, 9.17) is 9.47 Å². The van der Waals surface area contributed by atoms with Crippen molar-refractivity contribution in [1.82, 2.24) is 4.57 Å². The molecule has 0 amide bonds. The fourth-order valence-electron chi connectivity index (χ4n) is 1.28. The van der Waals surface area contributed by atoms with Gasteiger partial charge in [0.15, 0.2) is 0 Å². The average molecular weight is 239 g/mol. The molecule has 0 saturated carbocycles. The number of aryl methyl sites for hydroxylation is 1. The van der Waals surface area contributed by atoms with Gasteiger partial charge >= 0.3 is 5.97 Å². The van der Waals surface area contributed by atoms with Gasteiger partial charge in [-0.1, -0.05) is 0 Å². The summed E-state index contributed by atoms with van der Waals surface area (Å²) in [5, 5.41) is 0. The molecule has 0 aliphatic carbocycles.